The molecule has 0 aliphatic heterocycles. The van der Waals surface area contributed by atoms with Crippen LogP contribution < -0.4 is 10.2 Å². The molecule has 1 atom stereocenters. The van der Waals surface area contributed by atoms with Crippen LogP contribution in [0, 0.1) is 0 Å². The third-order valence-corrected chi connectivity index (χ3v) is 3.45. The Labute approximate surface area is 122 Å². The van der Waals surface area contributed by atoms with Crippen molar-refractivity contribution < 1.29 is 9.84 Å². The molecule has 1 aromatic carbocycles. The number of phenolic OH excluding ortho intramolecular Hbond substituents is 1. The number of ether oxygens (including phenoxy) is 1. The summed E-state index contributed by atoms with van der Waals surface area (Å²) in [7, 11) is 0. The highest BCUT2D eigenvalue weighted by atomic mass is 16.5. The summed E-state index contributed by atoms with van der Waals surface area (Å²) in [5.41, 5.74) is 1.98. The topological polar surface area (TPSA) is 44.7 Å². The zero-order valence-corrected chi connectivity index (χ0v) is 13.1. The average Bonchev–Trinajstić information content (AvgIpc) is 2.43. The highest BCUT2D eigenvalue weighted by Crippen LogP contribution is 2.29. The van der Waals surface area contributed by atoms with Gasteiger partial charge in [-0.05, 0) is 33.4 Å². The lowest BCUT2D eigenvalue weighted by Gasteiger charge is -2.24. The molecule has 0 heterocycles. The van der Waals surface area contributed by atoms with E-state index in [0.717, 1.165) is 37.5 Å². The van der Waals surface area contributed by atoms with Gasteiger partial charge in [0.05, 0.1) is 6.61 Å². The molecule has 0 saturated heterocycles. The first-order valence-electron chi connectivity index (χ1n) is 7.52. The van der Waals surface area contributed by atoms with Gasteiger partial charge in [-0.1, -0.05) is 13.0 Å². The number of rotatable bonds is 9. The van der Waals surface area contributed by atoms with Crippen molar-refractivity contribution in [2.24, 2.45) is 0 Å². The summed E-state index contributed by atoms with van der Waals surface area (Å²) in [4.78, 5) is 2.21. The van der Waals surface area contributed by atoms with Crippen molar-refractivity contribution in [3.8, 4) is 5.75 Å². The maximum atomic E-state index is 10.2. The molecule has 2 N–H and O–H groups in total. The first-order valence-corrected chi connectivity index (χ1v) is 7.52. The molecule has 1 rings (SSSR count). The first kappa shape index (κ1) is 16.8. The van der Waals surface area contributed by atoms with Crippen molar-refractivity contribution in [1.82, 2.24) is 5.32 Å². The monoisotopic (exact) mass is 280 g/mol. The summed E-state index contributed by atoms with van der Waals surface area (Å²) in [5, 5.41) is 13.5. The van der Waals surface area contributed by atoms with Crippen molar-refractivity contribution in [3.63, 3.8) is 0 Å². The molecule has 0 aliphatic carbocycles. The van der Waals surface area contributed by atoms with Crippen LogP contribution in [-0.4, -0.2) is 38.0 Å². The number of benzene rings is 1. The van der Waals surface area contributed by atoms with Crippen molar-refractivity contribution in [2.45, 2.75) is 33.7 Å². The van der Waals surface area contributed by atoms with E-state index in [1.807, 2.05) is 19.1 Å². The second-order valence-electron chi connectivity index (χ2n) is 4.80. The standard InChI is InChI=1S/C16H28N2O2/c1-5-17-13(4)15-9-8-14(12-16(15)19)18(6-2)10-11-20-7-3/h8-9,12-13,17,19H,5-7,10-11H2,1-4H3. The van der Waals surface area contributed by atoms with Crippen molar-refractivity contribution in [1.29, 1.82) is 0 Å². The lowest BCUT2D eigenvalue weighted by Crippen LogP contribution is -2.27. The fraction of sp³-hybridized carbons (Fsp3) is 0.625. The number of nitrogens with one attached hydrogen (secondary N) is 1. The fourth-order valence-electron chi connectivity index (χ4n) is 2.30. The van der Waals surface area contributed by atoms with Crippen LogP contribution in [0.5, 0.6) is 5.75 Å². The Morgan fingerprint density at radius 1 is 1.30 bits per heavy atom. The van der Waals surface area contributed by atoms with Gasteiger partial charge in [0.1, 0.15) is 5.75 Å². The molecule has 114 valence electrons. The lowest BCUT2D eigenvalue weighted by molar-refractivity contribution is 0.154. The third-order valence-electron chi connectivity index (χ3n) is 3.45. The number of aromatic hydroxyl groups is 1. The Kier molecular flexibility index (Phi) is 7.41. The first-order chi connectivity index (χ1) is 9.63. The molecule has 0 saturated carbocycles. The largest absolute Gasteiger partial charge is 0.508 e. The molecule has 1 unspecified atom stereocenters. The van der Waals surface area contributed by atoms with Crippen molar-refractivity contribution in [2.75, 3.05) is 37.7 Å². The van der Waals surface area contributed by atoms with Crippen LogP contribution in [0.2, 0.25) is 0 Å². The van der Waals surface area contributed by atoms with Gasteiger partial charge >= 0.3 is 0 Å². The van der Waals surface area contributed by atoms with E-state index in [0.29, 0.717) is 12.4 Å². The molecule has 1 aromatic rings. The van der Waals surface area contributed by atoms with Gasteiger partial charge in [-0.3, -0.25) is 0 Å². The summed E-state index contributed by atoms with van der Waals surface area (Å²) in [5.74, 6) is 0.353. The predicted molar refractivity (Wildman–Crippen MR) is 84.6 cm³/mol. The summed E-state index contributed by atoms with van der Waals surface area (Å²) in [6, 6.07) is 6.07. The number of phenols is 1. The van der Waals surface area contributed by atoms with Gasteiger partial charge in [0, 0.05) is 43.1 Å². The molecule has 0 radical (unpaired) electrons. The predicted octanol–water partition coefficient (Wildman–Crippen LogP) is 2.93. The van der Waals surface area contributed by atoms with Gasteiger partial charge in [-0.25, -0.2) is 0 Å². The average molecular weight is 280 g/mol. The Morgan fingerprint density at radius 3 is 2.60 bits per heavy atom. The molecule has 0 amide bonds. The Bertz CT molecular complexity index is 396. The number of nitrogens with zero attached hydrogens (tertiary/aromatic N) is 1. The van der Waals surface area contributed by atoms with E-state index in [-0.39, 0.29) is 6.04 Å². The highest BCUT2D eigenvalue weighted by molar-refractivity contribution is 5.54. The van der Waals surface area contributed by atoms with Crippen LogP contribution in [0.15, 0.2) is 18.2 Å². The lowest BCUT2D eigenvalue weighted by atomic mass is 10.1. The minimum Gasteiger partial charge on any atom is -0.508 e. The van der Waals surface area contributed by atoms with E-state index in [9.17, 15) is 5.11 Å². The summed E-state index contributed by atoms with van der Waals surface area (Å²) < 4.78 is 5.40. The van der Waals surface area contributed by atoms with Gasteiger partial charge in [-0.15, -0.1) is 0 Å². The smallest absolute Gasteiger partial charge is 0.122 e. The molecule has 4 nitrogen and oxygen atoms in total. The molecule has 20 heavy (non-hydrogen) atoms. The van der Waals surface area contributed by atoms with Crippen LogP contribution in [0.1, 0.15) is 39.3 Å². The van der Waals surface area contributed by atoms with Crippen molar-refractivity contribution in [3.05, 3.63) is 23.8 Å². The van der Waals surface area contributed by atoms with Gasteiger partial charge in [0.25, 0.3) is 0 Å². The van der Waals surface area contributed by atoms with Crippen LogP contribution in [0.25, 0.3) is 0 Å². The maximum Gasteiger partial charge on any atom is 0.122 e. The summed E-state index contributed by atoms with van der Waals surface area (Å²) in [6.45, 7) is 12.3. The van der Waals surface area contributed by atoms with E-state index in [4.69, 9.17) is 4.74 Å². The normalized spacial score (nSPS) is 12.4. The van der Waals surface area contributed by atoms with E-state index in [2.05, 4.69) is 37.1 Å². The van der Waals surface area contributed by atoms with Gasteiger partial charge in [0.2, 0.25) is 0 Å². The SMILES string of the molecule is CCNC(C)c1ccc(N(CC)CCOCC)cc1O. The van der Waals surface area contributed by atoms with Crippen LogP contribution in [-0.2, 0) is 4.74 Å². The molecular weight excluding hydrogens is 252 g/mol. The number of likely N-dealkylation sites (N-methyl/N-ethyl adjacent to an activating group) is 1. The van der Waals surface area contributed by atoms with E-state index >= 15 is 0 Å². The molecule has 0 aliphatic rings. The second-order valence-corrected chi connectivity index (χ2v) is 4.80. The zero-order valence-electron chi connectivity index (χ0n) is 13.1. The molecule has 0 bridgehead atoms. The highest BCUT2D eigenvalue weighted by Gasteiger charge is 2.12. The molecule has 0 spiro atoms. The van der Waals surface area contributed by atoms with Gasteiger partial charge < -0.3 is 20.1 Å². The zero-order chi connectivity index (χ0) is 15.0. The van der Waals surface area contributed by atoms with Crippen LogP contribution in [0.3, 0.4) is 0 Å². The minimum atomic E-state index is 0.160. The molecular formula is C16H28N2O2. The van der Waals surface area contributed by atoms with Gasteiger partial charge in [-0.2, -0.15) is 0 Å². The summed E-state index contributed by atoms with van der Waals surface area (Å²) in [6.07, 6.45) is 0. The number of hydrogen-bond donors (Lipinski definition) is 2. The molecule has 0 fully saturated rings. The van der Waals surface area contributed by atoms with E-state index in [1.165, 1.54) is 0 Å². The molecule has 0 aromatic heterocycles. The van der Waals surface area contributed by atoms with Crippen LogP contribution in [0.4, 0.5) is 5.69 Å². The quantitative estimate of drug-likeness (QED) is 0.683. The fourth-order valence-corrected chi connectivity index (χ4v) is 2.30. The summed E-state index contributed by atoms with van der Waals surface area (Å²) >= 11 is 0. The number of anilines is 1. The minimum absolute atomic E-state index is 0.160. The Morgan fingerprint density at radius 2 is 2.05 bits per heavy atom. The maximum absolute atomic E-state index is 10.2. The van der Waals surface area contributed by atoms with Crippen LogP contribution >= 0.6 is 0 Å². The van der Waals surface area contributed by atoms with E-state index in [1.54, 1.807) is 0 Å². The third kappa shape index (κ3) is 4.69. The van der Waals surface area contributed by atoms with E-state index < -0.39 is 0 Å². The Hall–Kier alpha value is -1.26. The second kappa shape index (κ2) is 8.82. The van der Waals surface area contributed by atoms with Gasteiger partial charge in [0.15, 0.2) is 0 Å². The molecule has 4 heteroatoms. The van der Waals surface area contributed by atoms with Crippen molar-refractivity contribution >= 4 is 5.69 Å². The number of hydrogen-bond acceptors (Lipinski definition) is 4. The Balaban J connectivity index is 2.78.